The second-order valence-electron chi connectivity index (χ2n) is 18.8. The summed E-state index contributed by atoms with van der Waals surface area (Å²) in [5, 5.41) is 9.00. The second kappa shape index (κ2) is 18.4. The SMILES string of the molecule is CCc1cc(Nc2ncc(Br)c(Nc3ccc4nccnc4c3NS(C)(=O)=O)n2)c(OC)cc1N1CCC(CN2CCC3(CC2)CN(c2ccc4c(c2)CN(C2CCC(=O)NC2=O)C4=O)C3)CC1. The Morgan fingerprint density at radius 1 is 0.912 bits per heavy atom. The third-order valence-electron chi connectivity index (χ3n) is 14.3. The molecule has 0 radical (unpaired) electrons. The van der Waals surface area contributed by atoms with Gasteiger partial charge in [-0.25, -0.2) is 13.4 Å². The fourth-order valence-corrected chi connectivity index (χ4v) is 11.5. The van der Waals surface area contributed by atoms with Crippen molar-refractivity contribution < 1.29 is 27.5 Å². The van der Waals surface area contributed by atoms with Gasteiger partial charge < -0.3 is 35.0 Å². The van der Waals surface area contributed by atoms with Crippen molar-refractivity contribution in [1.82, 2.24) is 35.1 Å². The molecule has 68 heavy (non-hydrogen) atoms. The first-order valence-electron chi connectivity index (χ1n) is 23.2. The minimum absolute atomic E-state index is 0.133. The van der Waals surface area contributed by atoms with Crippen molar-refractivity contribution in [1.29, 1.82) is 0 Å². The van der Waals surface area contributed by atoms with Gasteiger partial charge in [-0.15, -0.1) is 0 Å². The molecule has 3 amide bonds. The molecule has 356 valence electrons. The number of likely N-dealkylation sites (tertiary alicyclic amines) is 1. The van der Waals surface area contributed by atoms with Crippen LogP contribution in [0.15, 0.2) is 65.5 Å². The van der Waals surface area contributed by atoms with Crippen molar-refractivity contribution in [3.8, 4) is 5.75 Å². The normalized spacial score (nSPS) is 19.8. The summed E-state index contributed by atoms with van der Waals surface area (Å²) in [5.41, 5.74) is 7.79. The molecule has 4 fully saturated rings. The molecule has 2 aromatic heterocycles. The molecule has 10 rings (SSSR count). The largest absolute Gasteiger partial charge is 0.494 e. The lowest BCUT2D eigenvalue weighted by molar-refractivity contribution is -0.136. The molecule has 4 saturated heterocycles. The molecule has 1 spiro atoms. The number of halogens is 1. The van der Waals surface area contributed by atoms with Gasteiger partial charge in [0, 0.05) is 92.7 Å². The number of anilines is 7. The van der Waals surface area contributed by atoms with Crippen LogP contribution in [0.1, 0.15) is 66.9 Å². The van der Waals surface area contributed by atoms with Crippen LogP contribution in [0.5, 0.6) is 5.75 Å². The summed E-state index contributed by atoms with van der Waals surface area (Å²) in [6.07, 6.45) is 11.8. The predicted molar refractivity (Wildman–Crippen MR) is 264 cm³/mol. The van der Waals surface area contributed by atoms with Crippen LogP contribution in [0.3, 0.4) is 0 Å². The molecule has 5 aromatic rings. The Labute approximate surface area is 403 Å². The fraction of sp³-hybridized carbons (Fsp3) is 0.438. The van der Waals surface area contributed by atoms with Crippen LogP contribution < -0.4 is 35.2 Å². The van der Waals surface area contributed by atoms with Gasteiger partial charge >= 0.3 is 0 Å². The van der Waals surface area contributed by atoms with E-state index in [1.165, 1.54) is 30.3 Å². The number of fused-ring (bicyclic) bond motifs is 2. The van der Waals surface area contributed by atoms with Gasteiger partial charge in [0.2, 0.25) is 27.8 Å². The number of amides is 3. The van der Waals surface area contributed by atoms with Crippen LogP contribution in [-0.4, -0.2) is 121 Å². The highest BCUT2D eigenvalue weighted by atomic mass is 79.9. The Bertz CT molecular complexity index is 2920. The van der Waals surface area contributed by atoms with Gasteiger partial charge in [0.25, 0.3) is 5.91 Å². The Balaban J connectivity index is 0.727. The molecule has 1 atom stereocenters. The van der Waals surface area contributed by atoms with E-state index in [1.807, 2.05) is 12.1 Å². The monoisotopic (exact) mass is 1010 g/mol. The van der Waals surface area contributed by atoms with Crippen LogP contribution in [0.4, 0.5) is 40.2 Å². The van der Waals surface area contributed by atoms with Crippen LogP contribution >= 0.6 is 15.9 Å². The van der Waals surface area contributed by atoms with Crippen LogP contribution in [0.25, 0.3) is 11.0 Å². The van der Waals surface area contributed by atoms with Gasteiger partial charge in [0.15, 0.2) is 0 Å². The molecule has 3 aromatic carbocycles. The smallest absolute Gasteiger partial charge is 0.255 e. The molecule has 18 nitrogen and oxygen atoms in total. The predicted octanol–water partition coefficient (Wildman–Crippen LogP) is 6.19. The third kappa shape index (κ3) is 9.24. The van der Waals surface area contributed by atoms with E-state index in [2.05, 4.69) is 91.4 Å². The Morgan fingerprint density at radius 3 is 2.43 bits per heavy atom. The maximum absolute atomic E-state index is 13.2. The topological polar surface area (TPSA) is 207 Å². The minimum atomic E-state index is -3.65. The van der Waals surface area contributed by atoms with Gasteiger partial charge in [0.1, 0.15) is 23.1 Å². The van der Waals surface area contributed by atoms with Gasteiger partial charge in [-0.3, -0.25) is 34.4 Å². The lowest BCUT2D eigenvalue weighted by Crippen LogP contribution is -2.60. The first-order valence-corrected chi connectivity index (χ1v) is 25.9. The highest BCUT2D eigenvalue weighted by Gasteiger charge is 2.46. The summed E-state index contributed by atoms with van der Waals surface area (Å²) in [6.45, 7) is 9.88. The first kappa shape index (κ1) is 45.7. The number of aryl methyl sites for hydroxylation is 1. The Hall–Kier alpha value is -6.12. The average Bonchev–Trinajstić information content (AvgIpc) is 3.64. The summed E-state index contributed by atoms with van der Waals surface area (Å²) in [4.78, 5) is 64.6. The van der Waals surface area contributed by atoms with Crippen LogP contribution in [-0.2, 0) is 32.6 Å². The van der Waals surface area contributed by atoms with Crippen molar-refractivity contribution in [3.63, 3.8) is 0 Å². The number of sulfonamides is 1. The summed E-state index contributed by atoms with van der Waals surface area (Å²) in [5.74, 6) is 1.25. The molecular formula is C48H55BrN12O6S. The number of aromatic nitrogens is 4. The lowest BCUT2D eigenvalue weighted by atomic mass is 9.71. The summed E-state index contributed by atoms with van der Waals surface area (Å²) < 4.78 is 33.8. The van der Waals surface area contributed by atoms with E-state index in [4.69, 9.17) is 9.72 Å². The van der Waals surface area contributed by atoms with E-state index < -0.39 is 16.1 Å². The van der Waals surface area contributed by atoms with Gasteiger partial charge in [-0.05, 0) is 121 Å². The number of methoxy groups -OCH3 is 1. The van der Waals surface area contributed by atoms with E-state index in [9.17, 15) is 22.8 Å². The van der Waals surface area contributed by atoms with E-state index in [0.29, 0.717) is 68.6 Å². The number of hydrogen-bond acceptors (Lipinski definition) is 15. The quantitative estimate of drug-likeness (QED) is 0.0971. The molecular weight excluding hydrogens is 953 g/mol. The number of imide groups is 1. The zero-order valence-electron chi connectivity index (χ0n) is 38.3. The number of ether oxygens (including phenoxy) is 1. The first-order chi connectivity index (χ1) is 32.7. The van der Waals surface area contributed by atoms with E-state index in [0.717, 1.165) is 88.3 Å². The van der Waals surface area contributed by atoms with Crippen molar-refractivity contribution in [2.75, 3.05) is 84.3 Å². The fourth-order valence-electron chi connectivity index (χ4n) is 10.6. The molecule has 0 bridgehead atoms. The van der Waals surface area contributed by atoms with Crippen molar-refractivity contribution in [2.45, 2.75) is 64.5 Å². The number of rotatable bonds is 13. The molecule has 4 N–H and O–H groups in total. The highest BCUT2D eigenvalue weighted by Crippen LogP contribution is 2.44. The summed E-state index contributed by atoms with van der Waals surface area (Å²) >= 11 is 3.55. The van der Waals surface area contributed by atoms with Crippen LogP contribution in [0, 0.1) is 11.3 Å². The Kier molecular flexibility index (Phi) is 12.4. The van der Waals surface area contributed by atoms with Gasteiger partial charge in [-0.2, -0.15) is 4.98 Å². The minimum Gasteiger partial charge on any atom is -0.494 e. The summed E-state index contributed by atoms with van der Waals surface area (Å²) in [7, 11) is -1.99. The Morgan fingerprint density at radius 2 is 1.69 bits per heavy atom. The number of nitrogens with zero attached hydrogens (tertiary/aromatic N) is 8. The molecule has 1 unspecified atom stereocenters. The number of hydrogen-bond donors (Lipinski definition) is 4. The number of carbonyl (C=O) groups is 3. The standard InChI is InChI=1S/C48H55BrN12O6S/c1-4-30-22-37(54-47-52-24-34(49)44(56-47)53-36-8-7-35-42(51-16-15-50-35)43(36)57-68(3,65)66)40(67-2)23-39(30)59-17-11-29(12-18-59)25-58-19-13-48(14-20-58)27-60(28-48)32-5-6-33-31(21-32)26-61(46(33)64)38-9-10-41(62)55-45(38)63/h5-8,15-16,21-24,29,38,57H,4,9-14,17-20,25-28H2,1-3H3,(H,55,62,63)(H2,52,53,54,56). The number of benzene rings is 3. The lowest BCUT2D eigenvalue weighted by Gasteiger charge is -2.55. The van der Waals surface area contributed by atoms with Crippen molar-refractivity contribution in [3.05, 3.63) is 82.2 Å². The maximum atomic E-state index is 13.2. The molecule has 5 aliphatic rings. The van der Waals surface area contributed by atoms with E-state index >= 15 is 0 Å². The average molecular weight is 1010 g/mol. The second-order valence-corrected chi connectivity index (χ2v) is 21.4. The van der Waals surface area contributed by atoms with Gasteiger partial charge in [0.05, 0.1) is 40.4 Å². The van der Waals surface area contributed by atoms with Gasteiger partial charge in [-0.1, -0.05) is 6.92 Å². The number of nitrogens with one attached hydrogen (secondary N) is 4. The van der Waals surface area contributed by atoms with E-state index in [-0.39, 0.29) is 29.8 Å². The summed E-state index contributed by atoms with van der Waals surface area (Å²) in [6, 6.07) is 13.2. The zero-order chi connectivity index (χ0) is 47.3. The molecule has 7 heterocycles. The van der Waals surface area contributed by atoms with E-state index in [1.54, 1.807) is 36.5 Å². The number of piperidine rings is 3. The third-order valence-corrected chi connectivity index (χ3v) is 15.4. The van der Waals surface area contributed by atoms with Crippen molar-refractivity contribution >= 4 is 94.9 Å². The maximum Gasteiger partial charge on any atom is 0.255 e. The molecule has 5 aliphatic heterocycles. The van der Waals surface area contributed by atoms with Crippen LogP contribution in [0.2, 0.25) is 0 Å². The van der Waals surface area contributed by atoms with Crippen molar-refractivity contribution in [2.24, 2.45) is 11.3 Å². The highest BCUT2D eigenvalue weighted by molar-refractivity contribution is 9.10. The molecule has 0 aliphatic carbocycles. The molecule has 20 heteroatoms. The zero-order valence-corrected chi connectivity index (χ0v) is 40.8. The molecule has 0 saturated carbocycles. The number of carbonyl (C=O) groups excluding carboxylic acids is 3.